The highest BCUT2D eigenvalue weighted by Gasteiger charge is 2.28. The van der Waals surface area contributed by atoms with Gasteiger partial charge in [-0.05, 0) is 24.3 Å². The van der Waals surface area contributed by atoms with Crippen molar-refractivity contribution in [3.05, 3.63) is 0 Å². The summed E-state index contributed by atoms with van der Waals surface area (Å²) in [4.78, 5) is 58.5. The fourth-order valence-corrected chi connectivity index (χ4v) is 2.73. The van der Waals surface area contributed by atoms with Gasteiger partial charge in [0.05, 0.1) is 19.0 Å². The standard InChI is InChI=1S/C17H30N4O7S/c1-4-9(2)14(17(27)28)21-12(22)8-19-16(26)11(7-13(23)24)20-15(25)10(18)5-6-29-3/h9-11,14H,4-8,18H2,1-3H3,(H,19,26)(H,20,25)(H,21,22)(H,23,24)(H,27,28). The molecule has 0 saturated heterocycles. The summed E-state index contributed by atoms with van der Waals surface area (Å²) < 4.78 is 0. The second-order valence-corrected chi connectivity index (χ2v) is 7.52. The monoisotopic (exact) mass is 434 g/mol. The van der Waals surface area contributed by atoms with E-state index in [1.165, 1.54) is 11.8 Å². The Morgan fingerprint density at radius 3 is 2.17 bits per heavy atom. The van der Waals surface area contributed by atoms with Crippen molar-refractivity contribution >= 4 is 41.4 Å². The van der Waals surface area contributed by atoms with Crippen LogP contribution in [0.4, 0.5) is 0 Å². The van der Waals surface area contributed by atoms with Gasteiger partial charge in [0.25, 0.3) is 0 Å². The predicted octanol–water partition coefficient (Wildman–Crippen LogP) is -1.24. The van der Waals surface area contributed by atoms with Gasteiger partial charge in [0.1, 0.15) is 12.1 Å². The molecule has 0 aromatic heterocycles. The molecule has 0 aromatic carbocycles. The van der Waals surface area contributed by atoms with E-state index < -0.39 is 60.8 Å². The first-order chi connectivity index (χ1) is 13.5. The van der Waals surface area contributed by atoms with Gasteiger partial charge in [0, 0.05) is 0 Å². The molecular weight excluding hydrogens is 404 g/mol. The Hall–Kier alpha value is -2.34. The van der Waals surface area contributed by atoms with E-state index in [1.54, 1.807) is 13.8 Å². The van der Waals surface area contributed by atoms with Crippen LogP contribution in [0.5, 0.6) is 0 Å². The largest absolute Gasteiger partial charge is 0.481 e. The highest BCUT2D eigenvalue weighted by atomic mass is 32.2. The summed E-state index contributed by atoms with van der Waals surface area (Å²) in [7, 11) is 0. The summed E-state index contributed by atoms with van der Waals surface area (Å²) in [6.45, 7) is 2.87. The van der Waals surface area contributed by atoms with Crippen molar-refractivity contribution in [3.8, 4) is 0 Å². The molecule has 0 heterocycles. The Kier molecular flexibility index (Phi) is 12.7. The Balaban J connectivity index is 4.85. The SMILES string of the molecule is CCC(C)C(NC(=O)CNC(=O)C(CC(=O)O)NC(=O)C(N)CCSC)C(=O)O. The third kappa shape index (κ3) is 10.7. The number of rotatable bonds is 14. The van der Waals surface area contributed by atoms with Gasteiger partial charge >= 0.3 is 11.9 Å². The molecule has 0 aliphatic carbocycles. The molecule has 7 N–H and O–H groups in total. The first kappa shape index (κ1) is 26.7. The van der Waals surface area contributed by atoms with E-state index in [0.29, 0.717) is 18.6 Å². The number of hydrogen-bond acceptors (Lipinski definition) is 7. The van der Waals surface area contributed by atoms with Crippen molar-refractivity contribution < 1.29 is 34.2 Å². The molecule has 0 aliphatic heterocycles. The number of nitrogens with two attached hydrogens (primary N) is 1. The fourth-order valence-electron chi connectivity index (χ4n) is 2.24. The van der Waals surface area contributed by atoms with Crippen LogP contribution in [0.15, 0.2) is 0 Å². The highest BCUT2D eigenvalue weighted by molar-refractivity contribution is 7.98. The zero-order chi connectivity index (χ0) is 22.6. The van der Waals surface area contributed by atoms with Crippen LogP contribution >= 0.6 is 11.8 Å². The van der Waals surface area contributed by atoms with Crippen molar-refractivity contribution in [2.75, 3.05) is 18.6 Å². The summed E-state index contributed by atoms with van der Waals surface area (Å²) in [5.41, 5.74) is 5.71. The number of aliphatic carboxylic acids is 2. The summed E-state index contributed by atoms with van der Waals surface area (Å²) in [6, 6.07) is -3.44. The Morgan fingerprint density at radius 1 is 1.07 bits per heavy atom. The van der Waals surface area contributed by atoms with Crippen LogP contribution in [-0.4, -0.2) is 76.6 Å². The molecule has 4 unspecified atom stereocenters. The molecule has 166 valence electrons. The minimum absolute atomic E-state index is 0.325. The maximum absolute atomic E-state index is 12.2. The molecule has 0 radical (unpaired) electrons. The number of carboxylic acid groups (broad SMARTS) is 2. The van der Waals surface area contributed by atoms with Gasteiger partial charge in [0.2, 0.25) is 17.7 Å². The van der Waals surface area contributed by atoms with E-state index in [1.807, 2.05) is 6.26 Å². The molecule has 0 saturated carbocycles. The normalized spacial score (nSPS) is 14.8. The van der Waals surface area contributed by atoms with Crippen molar-refractivity contribution in [1.82, 2.24) is 16.0 Å². The minimum Gasteiger partial charge on any atom is -0.481 e. The average molecular weight is 435 g/mol. The zero-order valence-corrected chi connectivity index (χ0v) is 17.6. The summed E-state index contributed by atoms with van der Waals surface area (Å²) >= 11 is 1.49. The predicted molar refractivity (Wildman–Crippen MR) is 107 cm³/mol. The molecule has 0 fully saturated rings. The van der Waals surface area contributed by atoms with Crippen LogP contribution < -0.4 is 21.7 Å². The smallest absolute Gasteiger partial charge is 0.326 e. The number of carboxylic acids is 2. The fraction of sp³-hybridized carbons (Fsp3) is 0.706. The Morgan fingerprint density at radius 2 is 1.69 bits per heavy atom. The molecule has 0 aliphatic rings. The molecule has 0 rings (SSSR count). The third-order valence-corrected chi connectivity index (χ3v) is 4.84. The van der Waals surface area contributed by atoms with E-state index >= 15 is 0 Å². The second kappa shape index (κ2) is 13.8. The van der Waals surface area contributed by atoms with Crippen LogP contribution in [0.3, 0.4) is 0 Å². The van der Waals surface area contributed by atoms with Crippen LogP contribution in [0.2, 0.25) is 0 Å². The van der Waals surface area contributed by atoms with Gasteiger partial charge < -0.3 is 31.9 Å². The molecule has 4 atom stereocenters. The Bertz CT molecular complexity index is 602. The number of amides is 3. The minimum atomic E-state index is -1.42. The van der Waals surface area contributed by atoms with Gasteiger partial charge in [-0.3, -0.25) is 19.2 Å². The van der Waals surface area contributed by atoms with E-state index in [4.69, 9.17) is 10.8 Å². The average Bonchev–Trinajstić information content (AvgIpc) is 2.66. The molecule has 3 amide bonds. The maximum atomic E-state index is 12.2. The van der Waals surface area contributed by atoms with Gasteiger partial charge in [0.15, 0.2) is 0 Å². The highest BCUT2D eigenvalue weighted by Crippen LogP contribution is 2.07. The van der Waals surface area contributed by atoms with Gasteiger partial charge in [-0.15, -0.1) is 0 Å². The van der Waals surface area contributed by atoms with Gasteiger partial charge in [-0.2, -0.15) is 11.8 Å². The van der Waals surface area contributed by atoms with Crippen LogP contribution in [0.1, 0.15) is 33.1 Å². The maximum Gasteiger partial charge on any atom is 0.326 e. The lowest BCUT2D eigenvalue weighted by Gasteiger charge is -2.21. The summed E-state index contributed by atoms with van der Waals surface area (Å²) in [5, 5.41) is 24.9. The topological polar surface area (TPSA) is 188 Å². The van der Waals surface area contributed by atoms with Crippen LogP contribution in [0.25, 0.3) is 0 Å². The van der Waals surface area contributed by atoms with Crippen molar-refractivity contribution in [3.63, 3.8) is 0 Å². The lowest BCUT2D eigenvalue weighted by molar-refractivity contribution is -0.143. The summed E-state index contributed by atoms with van der Waals surface area (Å²) in [5.74, 6) is -4.54. The van der Waals surface area contributed by atoms with Crippen molar-refractivity contribution in [2.24, 2.45) is 11.7 Å². The first-order valence-corrected chi connectivity index (χ1v) is 10.5. The quantitative estimate of drug-likeness (QED) is 0.194. The third-order valence-electron chi connectivity index (χ3n) is 4.20. The first-order valence-electron chi connectivity index (χ1n) is 9.09. The van der Waals surface area contributed by atoms with E-state index in [2.05, 4.69) is 16.0 Å². The zero-order valence-electron chi connectivity index (χ0n) is 16.8. The molecule has 0 bridgehead atoms. The van der Waals surface area contributed by atoms with E-state index in [0.717, 1.165) is 0 Å². The van der Waals surface area contributed by atoms with Crippen LogP contribution in [-0.2, 0) is 24.0 Å². The molecule has 0 aromatic rings. The lowest BCUT2D eigenvalue weighted by Crippen LogP contribution is -2.54. The van der Waals surface area contributed by atoms with Crippen molar-refractivity contribution in [2.45, 2.75) is 51.2 Å². The van der Waals surface area contributed by atoms with Gasteiger partial charge in [-0.1, -0.05) is 20.3 Å². The molecule has 29 heavy (non-hydrogen) atoms. The van der Waals surface area contributed by atoms with Gasteiger partial charge in [-0.25, -0.2) is 4.79 Å². The Labute approximate surface area is 173 Å². The number of carbonyl (C=O) groups excluding carboxylic acids is 3. The number of nitrogens with one attached hydrogen (secondary N) is 3. The molecule has 0 spiro atoms. The summed E-state index contributed by atoms with van der Waals surface area (Å²) in [6.07, 6.45) is 2.02. The number of thioether (sulfide) groups is 1. The lowest BCUT2D eigenvalue weighted by atomic mass is 9.99. The second-order valence-electron chi connectivity index (χ2n) is 6.53. The van der Waals surface area contributed by atoms with E-state index in [-0.39, 0.29) is 5.92 Å². The number of hydrogen-bond donors (Lipinski definition) is 6. The molecular formula is C17H30N4O7S. The van der Waals surface area contributed by atoms with Crippen molar-refractivity contribution in [1.29, 1.82) is 0 Å². The molecule has 11 nitrogen and oxygen atoms in total. The van der Waals surface area contributed by atoms with Crippen LogP contribution in [0, 0.1) is 5.92 Å². The number of carbonyl (C=O) groups is 5. The molecule has 12 heteroatoms. The van der Waals surface area contributed by atoms with E-state index in [9.17, 15) is 29.1 Å².